The molecule has 240 valence electrons. The molecule has 0 aromatic heterocycles. The molecular formula is C40H57IO2P+. The molecule has 0 aliphatic carbocycles. The van der Waals surface area contributed by atoms with Gasteiger partial charge in [0.15, 0.2) is 33.2 Å². The minimum absolute atomic E-state index is 0.0153. The van der Waals surface area contributed by atoms with Crippen molar-refractivity contribution in [2.45, 2.75) is 118 Å². The lowest BCUT2D eigenvalue weighted by Gasteiger charge is -2.25. The average molecular weight is 728 g/mol. The third-order valence-electron chi connectivity index (χ3n) is 8.54. The summed E-state index contributed by atoms with van der Waals surface area (Å²) in [6.45, 7) is 13.0. The van der Waals surface area contributed by atoms with Gasteiger partial charge in [-0.3, -0.25) is 0 Å². The van der Waals surface area contributed by atoms with E-state index < -0.39 is 4.90 Å². The molecule has 0 amide bonds. The molecule has 0 aliphatic rings. The summed E-state index contributed by atoms with van der Waals surface area (Å²) in [6.07, 6.45) is 18.7. The second kappa shape index (κ2) is 20.6. The molecule has 0 bridgehead atoms. The van der Waals surface area contributed by atoms with Gasteiger partial charge in [-0.25, -0.2) is 0 Å². The van der Waals surface area contributed by atoms with Crippen LogP contribution in [-0.2, 0) is 15.9 Å². The zero-order valence-electron chi connectivity index (χ0n) is 28.1. The molecule has 0 saturated carbocycles. The first-order valence-electron chi connectivity index (χ1n) is 17.1. The lowest BCUT2D eigenvalue weighted by Crippen LogP contribution is -2.31. The highest BCUT2D eigenvalue weighted by Crippen LogP contribution is 2.65. The van der Waals surface area contributed by atoms with Crippen LogP contribution in [0.2, 0.25) is 0 Å². The topological polar surface area (TPSA) is 18.5 Å². The smallest absolute Gasteiger partial charge is 0.173 e. The van der Waals surface area contributed by atoms with Crippen LogP contribution in [0.25, 0.3) is 0 Å². The molecule has 0 atom stereocenters. The number of hydrogen-bond donors (Lipinski definition) is 0. The molecule has 0 fully saturated rings. The van der Waals surface area contributed by atoms with Crippen molar-refractivity contribution in [3.05, 3.63) is 101 Å². The van der Waals surface area contributed by atoms with E-state index in [1.165, 1.54) is 83.1 Å². The Morgan fingerprint density at radius 2 is 1.18 bits per heavy atom. The zero-order valence-corrected chi connectivity index (χ0v) is 31.2. The van der Waals surface area contributed by atoms with Crippen molar-refractivity contribution < 1.29 is 9.47 Å². The van der Waals surface area contributed by atoms with Gasteiger partial charge in [0.25, 0.3) is 0 Å². The summed E-state index contributed by atoms with van der Waals surface area (Å²) >= 11 is 2.84. The van der Waals surface area contributed by atoms with Gasteiger partial charge in [0.05, 0.1) is 0 Å². The predicted octanol–water partition coefficient (Wildman–Crippen LogP) is 11.0. The molecule has 3 aromatic rings. The fraction of sp³-hybridized carbons (Fsp3) is 0.500. The Morgan fingerprint density at radius 3 is 1.75 bits per heavy atom. The van der Waals surface area contributed by atoms with Crippen molar-refractivity contribution in [2.24, 2.45) is 0 Å². The maximum Gasteiger partial charge on any atom is 0.173 e. The molecule has 3 aromatic carbocycles. The number of hydrogen-bond acceptors (Lipinski definition) is 2. The summed E-state index contributed by atoms with van der Waals surface area (Å²) in [6, 6.07) is 25.1. The zero-order chi connectivity index (χ0) is 31.6. The van der Waals surface area contributed by atoms with Gasteiger partial charge in [-0.1, -0.05) is 93.8 Å². The van der Waals surface area contributed by atoms with Gasteiger partial charge in [0.1, 0.15) is 15.9 Å². The third kappa shape index (κ3) is 11.1. The van der Waals surface area contributed by atoms with E-state index in [4.69, 9.17) is 9.47 Å². The Bertz CT molecular complexity index is 1210. The first-order chi connectivity index (χ1) is 21.4. The Kier molecular flexibility index (Phi) is 17.3. The highest BCUT2D eigenvalue weighted by molar-refractivity contribution is 14.2. The summed E-state index contributed by atoms with van der Waals surface area (Å²) in [7, 11) is 0. The van der Waals surface area contributed by atoms with Gasteiger partial charge in [0.2, 0.25) is 0 Å². The van der Waals surface area contributed by atoms with E-state index in [0.29, 0.717) is 0 Å². The summed E-state index contributed by atoms with van der Waals surface area (Å²) in [5.41, 5.74) is 5.74. The van der Waals surface area contributed by atoms with E-state index >= 15 is 0 Å². The van der Waals surface area contributed by atoms with E-state index in [-0.39, 0.29) is 6.29 Å². The van der Waals surface area contributed by atoms with Gasteiger partial charge in [-0.2, -0.15) is 0 Å². The molecular weight excluding hydrogens is 670 g/mol. The van der Waals surface area contributed by atoms with Crippen LogP contribution in [0.3, 0.4) is 0 Å². The minimum Gasteiger partial charge on any atom is -0.353 e. The van der Waals surface area contributed by atoms with Crippen LogP contribution in [0.5, 0.6) is 0 Å². The molecule has 4 heteroatoms. The molecule has 44 heavy (non-hydrogen) atoms. The second-order valence-electron chi connectivity index (χ2n) is 12.1. The standard InChI is InChI=1S/C40H57IO2P/c1-6-8-31-42-40(43-32-9-7-2)30-17-15-13-11-10-12-14-16-25-36-26-22-29-39(35(36)5)44(41,37-27-20-18-23-33(37)3)38-28-21-19-24-34(38)4/h10,12,18-24,26-29,40H,6-9,11,13-17,25,30-32H2,1-5H3/q+1/b12-10-. The maximum absolute atomic E-state index is 5.99. The van der Waals surface area contributed by atoms with E-state index in [2.05, 4.69) is 136 Å². The SMILES string of the molecule is CCCCOC(CCCCC/C=C\CCCc1cccc([P+](I)(c2ccccc2C)c2ccccc2C)c1C)OCCCC. The molecule has 0 spiro atoms. The van der Waals surface area contributed by atoms with Crippen molar-refractivity contribution >= 4 is 42.9 Å². The van der Waals surface area contributed by atoms with E-state index in [9.17, 15) is 0 Å². The van der Waals surface area contributed by atoms with Crippen molar-refractivity contribution in [1.29, 1.82) is 0 Å². The number of unbranched alkanes of at least 4 members (excludes halogenated alkanes) is 6. The quantitative estimate of drug-likeness (QED) is 0.0358. The molecule has 0 N–H and O–H groups in total. The molecule has 0 heterocycles. The van der Waals surface area contributed by atoms with Crippen molar-refractivity contribution in [1.82, 2.24) is 0 Å². The average Bonchev–Trinajstić information content (AvgIpc) is 3.02. The van der Waals surface area contributed by atoms with Gasteiger partial charge < -0.3 is 9.47 Å². The summed E-state index contributed by atoms with van der Waals surface area (Å²) in [5, 5.41) is 4.49. The molecule has 0 radical (unpaired) electrons. The lowest BCUT2D eigenvalue weighted by molar-refractivity contribution is -0.147. The van der Waals surface area contributed by atoms with Gasteiger partial charge in [-0.15, -0.1) is 0 Å². The number of halogens is 1. The number of allylic oxidation sites excluding steroid dienone is 2. The summed E-state index contributed by atoms with van der Waals surface area (Å²) in [4.78, 5) is -1.81. The Hall–Kier alpha value is -1.52. The van der Waals surface area contributed by atoms with E-state index in [0.717, 1.165) is 45.3 Å². The number of benzene rings is 3. The number of aryl methyl sites for hydroxylation is 3. The Balaban J connectivity index is 1.52. The lowest BCUT2D eigenvalue weighted by atomic mass is 10.0. The van der Waals surface area contributed by atoms with Crippen LogP contribution in [0.1, 0.15) is 107 Å². The van der Waals surface area contributed by atoms with Crippen LogP contribution >= 0.6 is 26.9 Å². The van der Waals surface area contributed by atoms with Crippen molar-refractivity contribution in [3.63, 3.8) is 0 Å². The first kappa shape index (κ1) is 36.9. The monoisotopic (exact) mass is 727 g/mol. The first-order valence-corrected chi connectivity index (χ1v) is 21.7. The summed E-state index contributed by atoms with van der Waals surface area (Å²) < 4.78 is 12.0. The van der Waals surface area contributed by atoms with E-state index in [1.54, 1.807) is 0 Å². The summed E-state index contributed by atoms with van der Waals surface area (Å²) in [5.74, 6) is 0. The largest absolute Gasteiger partial charge is 0.353 e. The van der Waals surface area contributed by atoms with Crippen LogP contribution < -0.4 is 15.9 Å². The van der Waals surface area contributed by atoms with Crippen LogP contribution in [0.15, 0.2) is 78.9 Å². The van der Waals surface area contributed by atoms with Crippen molar-refractivity contribution in [2.75, 3.05) is 13.2 Å². The number of rotatable bonds is 21. The molecule has 0 saturated heterocycles. The number of ether oxygens (including phenoxy) is 2. The Morgan fingerprint density at radius 1 is 0.636 bits per heavy atom. The third-order valence-corrected chi connectivity index (χ3v) is 16.7. The fourth-order valence-corrected chi connectivity index (χ4v) is 14.0. The molecule has 0 unspecified atom stereocenters. The van der Waals surface area contributed by atoms with Gasteiger partial charge in [0, 0.05) is 13.2 Å². The second-order valence-corrected chi connectivity index (χ2v) is 19.1. The molecule has 2 nitrogen and oxygen atoms in total. The molecule has 3 rings (SSSR count). The van der Waals surface area contributed by atoms with Crippen LogP contribution in [-0.4, -0.2) is 19.5 Å². The minimum atomic E-state index is -1.81. The molecule has 0 aliphatic heterocycles. The van der Waals surface area contributed by atoms with Crippen LogP contribution in [0.4, 0.5) is 0 Å². The van der Waals surface area contributed by atoms with E-state index in [1.807, 2.05) is 0 Å². The van der Waals surface area contributed by atoms with Gasteiger partial charge in [-0.05, 0) is 119 Å². The highest BCUT2D eigenvalue weighted by Gasteiger charge is 2.46. The van der Waals surface area contributed by atoms with Gasteiger partial charge >= 0.3 is 0 Å². The van der Waals surface area contributed by atoms with Crippen molar-refractivity contribution in [3.8, 4) is 0 Å². The predicted molar refractivity (Wildman–Crippen MR) is 204 cm³/mol. The highest BCUT2D eigenvalue weighted by atomic mass is 127. The normalized spacial score (nSPS) is 12.1. The Labute approximate surface area is 283 Å². The fourth-order valence-electron chi connectivity index (χ4n) is 5.81. The van der Waals surface area contributed by atoms with Crippen LogP contribution in [0, 0.1) is 20.8 Å². The maximum atomic E-state index is 5.99.